The summed E-state index contributed by atoms with van der Waals surface area (Å²) in [5, 5.41) is 2.93. The van der Waals surface area contributed by atoms with E-state index in [1.165, 1.54) is 0 Å². The van der Waals surface area contributed by atoms with Crippen LogP contribution in [-0.4, -0.2) is 73.5 Å². The zero-order valence-electron chi connectivity index (χ0n) is 18.4. The Hall–Kier alpha value is -2.61. The van der Waals surface area contributed by atoms with Crippen LogP contribution in [0.2, 0.25) is 0 Å². The third-order valence-corrected chi connectivity index (χ3v) is 6.66. The predicted octanol–water partition coefficient (Wildman–Crippen LogP) is 2.28. The number of ether oxygens (including phenoxy) is 2. The van der Waals surface area contributed by atoms with Crippen molar-refractivity contribution in [1.29, 1.82) is 0 Å². The molecule has 0 spiro atoms. The van der Waals surface area contributed by atoms with Crippen molar-refractivity contribution in [3.63, 3.8) is 0 Å². The van der Waals surface area contributed by atoms with Crippen LogP contribution in [0.5, 0.6) is 5.75 Å². The lowest BCUT2D eigenvalue weighted by Gasteiger charge is -2.42. The molecule has 0 bridgehead atoms. The Morgan fingerprint density at radius 1 is 1.19 bits per heavy atom. The number of rotatable bonds is 4. The first-order valence-corrected chi connectivity index (χ1v) is 11.0. The molecule has 8 heteroatoms. The topological polar surface area (TPSA) is 88.2 Å². The maximum atomic E-state index is 13.2. The first-order valence-electron chi connectivity index (χ1n) is 11.0. The average Bonchev–Trinajstić information content (AvgIpc) is 2.69. The number of likely N-dealkylation sites (N-methyl/N-ethyl adjacent to an activating group) is 1. The van der Waals surface area contributed by atoms with E-state index in [1.807, 2.05) is 0 Å². The number of nitrogens with zero attached hydrogens (tertiary/aromatic N) is 2. The summed E-state index contributed by atoms with van der Waals surface area (Å²) in [5.74, 6) is 0.436. The Kier molecular flexibility index (Phi) is 6.18. The third-order valence-electron chi connectivity index (χ3n) is 6.66. The van der Waals surface area contributed by atoms with Crippen molar-refractivity contribution in [2.75, 3.05) is 33.1 Å². The highest BCUT2D eigenvalue weighted by Gasteiger charge is 2.39. The van der Waals surface area contributed by atoms with E-state index in [0.29, 0.717) is 36.4 Å². The Balaban J connectivity index is 1.48. The van der Waals surface area contributed by atoms with Crippen LogP contribution in [0.25, 0.3) is 0 Å². The molecule has 0 radical (unpaired) electrons. The summed E-state index contributed by atoms with van der Waals surface area (Å²) in [6, 6.07) is 5.07. The number of fused-ring (bicyclic) bond motifs is 2. The minimum atomic E-state index is -0.297. The molecule has 1 aromatic carbocycles. The molecule has 2 heterocycles. The van der Waals surface area contributed by atoms with E-state index in [-0.39, 0.29) is 41.9 Å². The van der Waals surface area contributed by atoms with Gasteiger partial charge in [0.1, 0.15) is 18.5 Å². The molecule has 3 atom stereocenters. The second-order valence-corrected chi connectivity index (χ2v) is 8.99. The van der Waals surface area contributed by atoms with Crippen molar-refractivity contribution in [2.24, 2.45) is 5.92 Å². The molecule has 1 aliphatic carbocycles. The molecule has 8 nitrogen and oxygen atoms in total. The number of hydrogen-bond acceptors (Lipinski definition) is 5. The number of carbonyl (C=O) groups is 3. The van der Waals surface area contributed by atoms with Crippen LogP contribution >= 0.6 is 0 Å². The first kappa shape index (κ1) is 21.6. The van der Waals surface area contributed by atoms with Gasteiger partial charge in [-0.3, -0.25) is 14.4 Å². The highest BCUT2D eigenvalue weighted by atomic mass is 16.5. The van der Waals surface area contributed by atoms with Gasteiger partial charge in [-0.1, -0.05) is 6.42 Å². The zero-order chi connectivity index (χ0) is 22.1. The van der Waals surface area contributed by atoms with E-state index in [4.69, 9.17) is 9.47 Å². The zero-order valence-corrected chi connectivity index (χ0v) is 18.4. The largest absolute Gasteiger partial charge is 0.490 e. The van der Waals surface area contributed by atoms with E-state index in [2.05, 4.69) is 5.32 Å². The number of hydrogen-bond donors (Lipinski definition) is 1. The Bertz CT molecular complexity index is 867. The van der Waals surface area contributed by atoms with Crippen LogP contribution in [0.1, 0.15) is 48.9 Å². The van der Waals surface area contributed by atoms with Crippen molar-refractivity contribution in [1.82, 2.24) is 9.80 Å². The van der Waals surface area contributed by atoms with Gasteiger partial charge in [-0.05, 0) is 43.9 Å². The number of anilines is 1. The quantitative estimate of drug-likeness (QED) is 0.793. The van der Waals surface area contributed by atoms with Gasteiger partial charge in [0.15, 0.2) is 0 Å². The van der Waals surface area contributed by atoms with Crippen LogP contribution in [0.15, 0.2) is 18.2 Å². The molecule has 1 aromatic rings. The second-order valence-electron chi connectivity index (χ2n) is 8.99. The molecule has 3 aliphatic rings. The molecule has 1 N–H and O–H groups in total. The van der Waals surface area contributed by atoms with E-state index >= 15 is 0 Å². The van der Waals surface area contributed by atoms with E-state index in [9.17, 15) is 14.4 Å². The molecule has 0 aromatic heterocycles. The maximum Gasteiger partial charge on any atom is 0.257 e. The van der Waals surface area contributed by atoms with Crippen molar-refractivity contribution in [3.8, 4) is 5.75 Å². The standard InChI is InChI=1S/C23H31N3O5/c1-25(2)21(27)12-16-8-9-18-20(31-16)13-30-19-10-7-15(11-17(19)23(29)26(18)3)24-22(28)14-5-4-6-14/h7,10-11,14,16,18,20H,4-6,8-9,12-13H2,1-3H3,(H,24,28)/t16-,18-,20+/m0/s1. The number of carbonyl (C=O) groups excluding carboxylic acids is 3. The van der Waals surface area contributed by atoms with Gasteiger partial charge >= 0.3 is 0 Å². The molecule has 2 fully saturated rings. The highest BCUT2D eigenvalue weighted by Crippen LogP contribution is 2.33. The van der Waals surface area contributed by atoms with Crippen LogP contribution < -0.4 is 10.1 Å². The number of nitrogens with one attached hydrogen (secondary N) is 1. The van der Waals surface area contributed by atoms with Gasteiger partial charge in [-0.25, -0.2) is 0 Å². The van der Waals surface area contributed by atoms with Gasteiger partial charge in [0.2, 0.25) is 11.8 Å². The summed E-state index contributed by atoms with van der Waals surface area (Å²) in [4.78, 5) is 40.9. The average molecular weight is 430 g/mol. The monoisotopic (exact) mass is 429 g/mol. The molecule has 1 saturated carbocycles. The van der Waals surface area contributed by atoms with Gasteiger partial charge < -0.3 is 24.6 Å². The molecule has 168 valence electrons. The molecular weight excluding hydrogens is 398 g/mol. The van der Waals surface area contributed by atoms with Crippen molar-refractivity contribution >= 4 is 23.4 Å². The van der Waals surface area contributed by atoms with Crippen LogP contribution in [0, 0.1) is 5.92 Å². The second kappa shape index (κ2) is 8.86. The van der Waals surface area contributed by atoms with Crippen molar-refractivity contribution in [3.05, 3.63) is 23.8 Å². The summed E-state index contributed by atoms with van der Waals surface area (Å²) in [6.07, 6.45) is 4.25. The normalized spacial score (nSPS) is 25.8. The van der Waals surface area contributed by atoms with Crippen LogP contribution in [0.4, 0.5) is 5.69 Å². The summed E-state index contributed by atoms with van der Waals surface area (Å²) < 4.78 is 12.2. The molecule has 31 heavy (non-hydrogen) atoms. The minimum Gasteiger partial charge on any atom is -0.490 e. The number of amides is 3. The molecule has 1 saturated heterocycles. The highest BCUT2D eigenvalue weighted by molar-refractivity contribution is 6.00. The summed E-state index contributed by atoms with van der Waals surface area (Å²) >= 11 is 0. The minimum absolute atomic E-state index is 0.0119. The summed E-state index contributed by atoms with van der Waals surface area (Å²) in [6.45, 7) is 0.301. The fourth-order valence-corrected chi connectivity index (χ4v) is 4.40. The Morgan fingerprint density at radius 2 is 1.97 bits per heavy atom. The predicted molar refractivity (Wildman–Crippen MR) is 115 cm³/mol. The van der Waals surface area contributed by atoms with Gasteiger partial charge in [-0.15, -0.1) is 0 Å². The molecular formula is C23H31N3O5. The Labute approximate surface area is 182 Å². The molecule has 2 aliphatic heterocycles. The lowest BCUT2D eigenvalue weighted by Crippen LogP contribution is -2.53. The van der Waals surface area contributed by atoms with Crippen molar-refractivity contribution in [2.45, 2.75) is 56.8 Å². The fourth-order valence-electron chi connectivity index (χ4n) is 4.40. The molecule has 0 unspecified atom stereocenters. The van der Waals surface area contributed by atoms with E-state index in [0.717, 1.165) is 25.7 Å². The van der Waals surface area contributed by atoms with Gasteiger partial charge in [-0.2, -0.15) is 0 Å². The first-order chi connectivity index (χ1) is 14.8. The maximum absolute atomic E-state index is 13.2. The lowest BCUT2D eigenvalue weighted by atomic mass is 9.85. The SMILES string of the molecule is CN(C)C(=O)C[C@@H]1CC[C@H]2[C@@H](COc3ccc(NC(=O)C4CCC4)cc3C(=O)N2C)O1. The lowest BCUT2D eigenvalue weighted by molar-refractivity contribution is -0.140. The summed E-state index contributed by atoms with van der Waals surface area (Å²) in [7, 11) is 5.25. The third kappa shape index (κ3) is 4.54. The van der Waals surface area contributed by atoms with Crippen molar-refractivity contribution < 1.29 is 23.9 Å². The van der Waals surface area contributed by atoms with E-state index < -0.39 is 0 Å². The Morgan fingerprint density at radius 3 is 2.65 bits per heavy atom. The molecule has 3 amide bonds. The molecule has 4 rings (SSSR count). The van der Waals surface area contributed by atoms with Gasteiger partial charge in [0, 0.05) is 32.7 Å². The number of benzene rings is 1. The fraction of sp³-hybridized carbons (Fsp3) is 0.609. The van der Waals surface area contributed by atoms with Gasteiger partial charge in [0.05, 0.1) is 24.1 Å². The van der Waals surface area contributed by atoms with E-state index in [1.54, 1.807) is 49.1 Å². The summed E-state index contributed by atoms with van der Waals surface area (Å²) in [5.41, 5.74) is 1.05. The van der Waals surface area contributed by atoms with Crippen LogP contribution in [0.3, 0.4) is 0 Å². The smallest absolute Gasteiger partial charge is 0.257 e. The van der Waals surface area contributed by atoms with Crippen LogP contribution in [-0.2, 0) is 14.3 Å². The van der Waals surface area contributed by atoms with Gasteiger partial charge in [0.25, 0.3) is 5.91 Å².